The number of ether oxygens (including phenoxy) is 2. The topological polar surface area (TPSA) is 60.4 Å². The van der Waals surface area contributed by atoms with E-state index in [4.69, 9.17) is 25.9 Å². The highest BCUT2D eigenvalue weighted by Crippen LogP contribution is 2.21. The molecule has 148 valence electrons. The molecule has 2 aromatic rings. The van der Waals surface area contributed by atoms with E-state index in [0.29, 0.717) is 24.5 Å². The zero-order valence-corrected chi connectivity index (χ0v) is 16.7. The van der Waals surface area contributed by atoms with Gasteiger partial charge in [0.1, 0.15) is 12.4 Å². The van der Waals surface area contributed by atoms with E-state index in [1.807, 2.05) is 48.5 Å². The van der Waals surface area contributed by atoms with Gasteiger partial charge in [-0.15, -0.1) is 0 Å². The highest BCUT2D eigenvalue weighted by molar-refractivity contribution is 6.30. The molecule has 0 fully saturated rings. The van der Waals surface area contributed by atoms with Crippen molar-refractivity contribution in [2.75, 3.05) is 27.4 Å². The van der Waals surface area contributed by atoms with Gasteiger partial charge in [0, 0.05) is 25.1 Å². The highest BCUT2D eigenvalue weighted by atomic mass is 35.5. The molecule has 1 atom stereocenters. The summed E-state index contributed by atoms with van der Waals surface area (Å²) in [4.78, 5) is 19.9. The fraction of sp³-hybridized carbons (Fsp3) is 0.333. The van der Waals surface area contributed by atoms with E-state index in [2.05, 4.69) is 5.16 Å². The minimum Gasteiger partial charge on any atom is -0.497 e. The van der Waals surface area contributed by atoms with Gasteiger partial charge in [0.25, 0.3) is 0 Å². The van der Waals surface area contributed by atoms with Gasteiger partial charge < -0.3 is 19.2 Å². The smallest absolute Gasteiger partial charge is 0.248 e. The van der Waals surface area contributed by atoms with Crippen LogP contribution in [-0.4, -0.2) is 50.0 Å². The van der Waals surface area contributed by atoms with Crippen LogP contribution >= 0.6 is 11.6 Å². The molecule has 28 heavy (non-hydrogen) atoms. The van der Waals surface area contributed by atoms with Gasteiger partial charge in [-0.2, -0.15) is 0 Å². The van der Waals surface area contributed by atoms with E-state index in [9.17, 15) is 4.79 Å². The van der Waals surface area contributed by atoms with Gasteiger partial charge in [-0.25, -0.2) is 0 Å². The summed E-state index contributed by atoms with van der Waals surface area (Å²) in [6, 6.07) is 15.1. The van der Waals surface area contributed by atoms with Gasteiger partial charge in [0.2, 0.25) is 5.91 Å². The summed E-state index contributed by atoms with van der Waals surface area (Å²) in [6.07, 6.45) is 0.411. The summed E-state index contributed by atoms with van der Waals surface area (Å²) in [5.41, 5.74) is 2.79. The molecule has 0 aliphatic carbocycles. The number of halogens is 1. The van der Waals surface area contributed by atoms with Gasteiger partial charge in [-0.1, -0.05) is 41.0 Å². The second kappa shape index (κ2) is 9.57. The molecule has 7 heteroatoms. The molecule has 1 heterocycles. The third-order valence-corrected chi connectivity index (χ3v) is 4.71. The fourth-order valence-corrected chi connectivity index (χ4v) is 3.17. The lowest BCUT2D eigenvalue weighted by Crippen LogP contribution is -2.39. The predicted molar refractivity (Wildman–Crippen MR) is 108 cm³/mol. The summed E-state index contributed by atoms with van der Waals surface area (Å²) >= 11 is 5.94. The van der Waals surface area contributed by atoms with Gasteiger partial charge in [-0.05, 0) is 35.4 Å². The maximum absolute atomic E-state index is 12.5. The molecule has 0 bridgehead atoms. The third kappa shape index (κ3) is 5.24. The van der Waals surface area contributed by atoms with Crippen LogP contribution in [0.25, 0.3) is 0 Å². The first kappa shape index (κ1) is 20.2. The molecule has 1 aliphatic heterocycles. The molecular weight excluding hydrogens is 380 g/mol. The Bertz CT molecular complexity index is 839. The van der Waals surface area contributed by atoms with Crippen molar-refractivity contribution in [3.05, 3.63) is 64.7 Å². The number of methoxy groups -OCH3 is 2. The van der Waals surface area contributed by atoms with Gasteiger partial charge in [0.05, 0.1) is 19.4 Å². The van der Waals surface area contributed by atoms with E-state index >= 15 is 0 Å². The van der Waals surface area contributed by atoms with E-state index in [0.717, 1.165) is 22.6 Å². The number of benzene rings is 2. The lowest BCUT2D eigenvalue weighted by Gasteiger charge is -2.25. The summed E-state index contributed by atoms with van der Waals surface area (Å²) in [5, 5.41) is 4.87. The van der Waals surface area contributed by atoms with E-state index < -0.39 is 0 Å². The Hall–Kier alpha value is -2.57. The summed E-state index contributed by atoms with van der Waals surface area (Å²) < 4.78 is 10.3. The summed E-state index contributed by atoms with van der Waals surface area (Å²) in [7, 11) is 3.13. The van der Waals surface area contributed by atoms with Gasteiger partial charge in [-0.3, -0.25) is 4.79 Å². The molecule has 0 unspecified atom stereocenters. The molecule has 6 nitrogen and oxygen atoms in total. The van der Waals surface area contributed by atoms with Crippen LogP contribution in [0, 0.1) is 0 Å². The minimum absolute atomic E-state index is 0.0155. The van der Waals surface area contributed by atoms with Crippen molar-refractivity contribution in [2.24, 2.45) is 5.16 Å². The molecule has 0 saturated carbocycles. The van der Waals surface area contributed by atoms with Crippen molar-refractivity contribution in [3.8, 4) is 5.75 Å². The number of hydrogen-bond donors (Lipinski definition) is 0. The first-order valence-electron chi connectivity index (χ1n) is 8.97. The monoisotopic (exact) mass is 402 g/mol. The first-order chi connectivity index (χ1) is 13.6. The average Bonchev–Trinajstić information content (AvgIpc) is 3.17. The summed E-state index contributed by atoms with van der Waals surface area (Å²) in [6.45, 7) is 0.872. The molecule has 2 aromatic carbocycles. The zero-order valence-electron chi connectivity index (χ0n) is 15.9. The fourth-order valence-electron chi connectivity index (χ4n) is 3.05. The quantitative estimate of drug-likeness (QED) is 0.677. The molecule has 0 spiro atoms. The van der Waals surface area contributed by atoms with E-state index in [1.54, 1.807) is 12.0 Å². The lowest BCUT2D eigenvalue weighted by molar-refractivity contribution is -0.137. The molecule has 0 N–H and O–H groups in total. The normalized spacial score (nSPS) is 15.7. The van der Waals surface area contributed by atoms with Gasteiger partial charge in [0.15, 0.2) is 6.10 Å². The number of rotatable bonds is 8. The minimum atomic E-state index is -0.211. The molecule has 0 radical (unpaired) electrons. The van der Waals surface area contributed by atoms with Crippen LogP contribution in [0.1, 0.15) is 17.5 Å². The lowest BCUT2D eigenvalue weighted by atomic mass is 10.0. The number of oxime groups is 1. The number of carbonyl (C=O) groups excluding carboxylic acids is 1. The Morgan fingerprint density at radius 3 is 2.75 bits per heavy atom. The van der Waals surface area contributed by atoms with Crippen molar-refractivity contribution in [2.45, 2.75) is 19.1 Å². The molecule has 0 saturated heterocycles. The number of carbonyl (C=O) groups is 1. The zero-order chi connectivity index (χ0) is 19.9. The van der Waals surface area contributed by atoms with Crippen molar-refractivity contribution in [1.82, 2.24) is 4.90 Å². The van der Waals surface area contributed by atoms with Crippen molar-refractivity contribution in [1.29, 1.82) is 0 Å². The van der Waals surface area contributed by atoms with Crippen LogP contribution in [0.15, 0.2) is 53.7 Å². The molecule has 1 aliphatic rings. The SMILES string of the molecule is COCC(=O)N(Cc1cccc(OC)c1)C[C@H]1CC(c2ccc(Cl)cc2)=NO1. The maximum Gasteiger partial charge on any atom is 0.248 e. The Labute approximate surface area is 169 Å². The first-order valence-corrected chi connectivity index (χ1v) is 9.35. The van der Waals surface area contributed by atoms with Crippen LogP contribution in [0.5, 0.6) is 5.75 Å². The van der Waals surface area contributed by atoms with Gasteiger partial charge >= 0.3 is 0 Å². The van der Waals surface area contributed by atoms with Crippen LogP contribution in [0.4, 0.5) is 0 Å². The number of hydrogen-bond acceptors (Lipinski definition) is 5. The number of amides is 1. The Morgan fingerprint density at radius 2 is 2.04 bits per heavy atom. The van der Waals surface area contributed by atoms with E-state index in [1.165, 1.54) is 7.11 Å². The van der Waals surface area contributed by atoms with Crippen LogP contribution < -0.4 is 4.74 Å². The van der Waals surface area contributed by atoms with Crippen molar-refractivity contribution >= 4 is 23.2 Å². The van der Waals surface area contributed by atoms with Crippen LogP contribution in [-0.2, 0) is 20.9 Å². The van der Waals surface area contributed by atoms with Crippen molar-refractivity contribution in [3.63, 3.8) is 0 Å². The second-order valence-electron chi connectivity index (χ2n) is 6.54. The maximum atomic E-state index is 12.5. The standard InChI is InChI=1S/C21H23ClN2O4/c1-26-14-21(25)24(12-15-4-3-5-18(10-15)27-2)13-19-11-20(23-28-19)16-6-8-17(22)9-7-16/h3-10,19H,11-14H2,1-2H3/t19-/m1/s1. The predicted octanol–water partition coefficient (Wildman–Crippen LogP) is 3.52. The molecular formula is C21H23ClN2O4. The second-order valence-corrected chi connectivity index (χ2v) is 6.97. The summed E-state index contributed by atoms with van der Waals surface area (Å²) in [5.74, 6) is 0.649. The van der Waals surface area contributed by atoms with Crippen LogP contribution in [0.3, 0.4) is 0 Å². The third-order valence-electron chi connectivity index (χ3n) is 4.46. The van der Waals surface area contributed by atoms with Crippen LogP contribution in [0.2, 0.25) is 5.02 Å². The molecule has 1 amide bonds. The van der Waals surface area contributed by atoms with E-state index in [-0.39, 0.29) is 18.6 Å². The Kier molecular flexibility index (Phi) is 6.90. The Morgan fingerprint density at radius 1 is 1.25 bits per heavy atom. The largest absolute Gasteiger partial charge is 0.497 e. The molecule has 0 aromatic heterocycles. The highest BCUT2D eigenvalue weighted by Gasteiger charge is 2.27. The number of nitrogens with zero attached hydrogens (tertiary/aromatic N) is 2. The van der Waals surface area contributed by atoms with Crippen molar-refractivity contribution < 1.29 is 19.1 Å². The Balaban J connectivity index is 1.66. The average molecular weight is 403 g/mol. The molecule has 3 rings (SSSR count).